The number of nitrogens with zero attached hydrogens (tertiary/aromatic N) is 2. The molecule has 1 fully saturated rings. The molecule has 0 N–H and O–H groups in total. The highest BCUT2D eigenvalue weighted by Crippen LogP contribution is 2.29. The third-order valence-electron chi connectivity index (χ3n) is 5.64. The van der Waals surface area contributed by atoms with Crippen molar-refractivity contribution >= 4 is 27.3 Å². The number of sulfonamides is 1. The maximum Gasteiger partial charge on any atom is 0.252 e. The van der Waals surface area contributed by atoms with Crippen LogP contribution < -0.4 is 0 Å². The van der Waals surface area contributed by atoms with Crippen molar-refractivity contribution in [2.45, 2.75) is 56.8 Å². The third kappa shape index (κ3) is 5.08. The van der Waals surface area contributed by atoms with Crippen LogP contribution in [0.15, 0.2) is 46.7 Å². The van der Waals surface area contributed by atoms with Gasteiger partial charge < -0.3 is 4.90 Å². The number of amides is 1. The summed E-state index contributed by atoms with van der Waals surface area (Å²) in [6.45, 7) is 7.34. The van der Waals surface area contributed by atoms with E-state index in [-0.39, 0.29) is 24.4 Å². The first-order valence-electron chi connectivity index (χ1n) is 10.2. The Labute approximate surface area is 178 Å². The van der Waals surface area contributed by atoms with E-state index in [1.807, 2.05) is 48.2 Å². The summed E-state index contributed by atoms with van der Waals surface area (Å²) in [7, 11) is -3.54. The SMILES string of the molecule is CCC(C)N(Cc1ccccc1)C(=O)C1CCCN(S(=O)(=O)c2ccc(C)s2)C1. The van der Waals surface area contributed by atoms with Crippen molar-refractivity contribution in [3.8, 4) is 0 Å². The Bertz CT molecular complexity index is 925. The van der Waals surface area contributed by atoms with Crippen LogP contribution in [0, 0.1) is 12.8 Å². The van der Waals surface area contributed by atoms with Crippen molar-refractivity contribution in [1.29, 1.82) is 0 Å². The fourth-order valence-corrected chi connectivity index (χ4v) is 6.69. The van der Waals surface area contributed by atoms with E-state index >= 15 is 0 Å². The number of aryl methyl sites for hydroxylation is 1. The summed E-state index contributed by atoms with van der Waals surface area (Å²) in [5.41, 5.74) is 1.09. The number of rotatable bonds is 7. The molecule has 29 heavy (non-hydrogen) atoms. The molecule has 1 aromatic heterocycles. The number of piperidine rings is 1. The normalized spacial score (nSPS) is 19.1. The van der Waals surface area contributed by atoms with Gasteiger partial charge in [0.25, 0.3) is 10.0 Å². The smallest absolute Gasteiger partial charge is 0.252 e. The van der Waals surface area contributed by atoms with Crippen molar-refractivity contribution in [3.05, 3.63) is 52.9 Å². The maximum atomic E-state index is 13.4. The van der Waals surface area contributed by atoms with Gasteiger partial charge in [0.1, 0.15) is 4.21 Å². The molecule has 0 radical (unpaired) electrons. The third-order valence-corrected chi connectivity index (χ3v) is 8.98. The highest BCUT2D eigenvalue weighted by Gasteiger charge is 2.36. The van der Waals surface area contributed by atoms with E-state index in [1.54, 1.807) is 6.07 Å². The summed E-state index contributed by atoms with van der Waals surface area (Å²) < 4.78 is 27.9. The van der Waals surface area contributed by atoms with E-state index in [1.165, 1.54) is 15.6 Å². The van der Waals surface area contributed by atoms with Gasteiger partial charge in [0.15, 0.2) is 0 Å². The molecular weight excluding hydrogens is 404 g/mol. The molecule has 1 aliphatic rings. The van der Waals surface area contributed by atoms with Crippen LogP contribution in [0.5, 0.6) is 0 Å². The second kappa shape index (κ2) is 9.41. The lowest BCUT2D eigenvalue weighted by molar-refractivity contribution is -0.139. The minimum absolute atomic E-state index is 0.0606. The standard InChI is InChI=1S/C22H30N2O3S2/c1-4-17(2)24(15-19-9-6-5-7-10-19)22(25)20-11-8-14-23(16-20)29(26,27)21-13-12-18(3)28-21/h5-7,9-10,12-13,17,20H,4,8,11,14-16H2,1-3H3. The van der Waals surface area contributed by atoms with Gasteiger partial charge >= 0.3 is 0 Å². The molecule has 1 saturated heterocycles. The molecule has 2 atom stereocenters. The molecule has 0 aliphatic carbocycles. The number of hydrogen-bond acceptors (Lipinski definition) is 4. The number of benzene rings is 1. The summed E-state index contributed by atoms with van der Waals surface area (Å²) in [4.78, 5) is 16.3. The Morgan fingerprint density at radius 1 is 1.24 bits per heavy atom. The Hall–Kier alpha value is -1.70. The van der Waals surface area contributed by atoms with Gasteiger partial charge in [0, 0.05) is 30.6 Å². The lowest BCUT2D eigenvalue weighted by atomic mass is 9.96. The molecule has 0 spiro atoms. The maximum absolute atomic E-state index is 13.4. The average Bonchev–Trinajstić information content (AvgIpc) is 3.19. The minimum Gasteiger partial charge on any atom is -0.335 e. The predicted octanol–water partition coefficient (Wildman–Crippen LogP) is 4.28. The first kappa shape index (κ1) is 22.0. The Kier molecular flexibility index (Phi) is 7.14. The number of thiophene rings is 1. The van der Waals surface area contributed by atoms with Crippen molar-refractivity contribution in [3.63, 3.8) is 0 Å². The van der Waals surface area contributed by atoms with Gasteiger partial charge in [-0.15, -0.1) is 11.3 Å². The summed E-state index contributed by atoms with van der Waals surface area (Å²) in [6.07, 6.45) is 2.30. The number of hydrogen-bond donors (Lipinski definition) is 0. The predicted molar refractivity (Wildman–Crippen MR) is 117 cm³/mol. The first-order valence-corrected chi connectivity index (χ1v) is 12.5. The molecule has 2 heterocycles. The molecule has 7 heteroatoms. The molecule has 3 rings (SSSR count). The van der Waals surface area contributed by atoms with Gasteiger partial charge in [-0.1, -0.05) is 37.3 Å². The first-order chi connectivity index (χ1) is 13.8. The van der Waals surface area contributed by atoms with Gasteiger partial charge in [-0.25, -0.2) is 8.42 Å². The van der Waals surface area contributed by atoms with Gasteiger partial charge in [0.05, 0.1) is 5.92 Å². The molecule has 158 valence electrons. The monoisotopic (exact) mass is 434 g/mol. The van der Waals surface area contributed by atoms with Crippen LogP contribution in [0.3, 0.4) is 0 Å². The molecule has 0 bridgehead atoms. The van der Waals surface area contributed by atoms with Gasteiger partial charge in [-0.05, 0) is 50.8 Å². The van der Waals surface area contributed by atoms with Crippen LogP contribution in [-0.2, 0) is 21.4 Å². The van der Waals surface area contributed by atoms with Crippen molar-refractivity contribution in [2.75, 3.05) is 13.1 Å². The van der Waals surface area contributed by atoms with Crippen LogP contribution in [0.25, 0.3) is 0 Å². The van der Waals surface area contributed by atoms with Crippen LogP contribution in [-0.4, -0.2) is 42.7 Å². The van der Waals surface area contributed by atoms with Crippen molar-refractivity contribution in [2.24, 2.45) is 5.92 Å². The second-order valence-electron chi connectivity index (χ2n) is 7.78. The van der Waals surface area contributed by atoms with Crippen molar-refractivity contribution < 1.29 is 13.2 Å². The lowest BCUT2D eigenvalue weighted by Gasteiger charge is -2.36. The fourth-order valence-electron chi connectivity index (χ4n) is 3.73. The van der Waals surface area contributed by atoms with Gasteiger partial charge in [0.2, 0.25) is 5.91 Å². The van der Waals surface area contributed by atoms with E-state index in [4.69, 9.17) is 0 Å². The van der Waals surface area contributed by atoms with Crippen molar-refractivity contribution in [1.82, 2.24) is 9.21 Å². The van der Waals surface area contributed by atoms with E-state index in [2.05, 4.69) is 13.8 Å². The van der Waals surface area contributed by atoms with E-state index in [0.29, 0.717) is 23.7 Å². The van der Waals surface area contributed by atoms with E-state index < -0.39 is 10.0 Å². The topological polar surface area (TPSA) is 57.7 Å². The summed E-state index contributed by atoms with van der Waals surface area (Å²) >= 11 is 1.29. The van der Waals surface area contributed by atoms with Crippen LogP contribution >= 0.6 is 11.3 Å². The number of carbonyl (C=O) groups excluding carboxylic acids is 1. The zero-order valence-corrected chi connectivity index (χ0v) is 19.0. The Morgan fingerprint density at radius 3 is 2.59 bits per heavy atom. The Balaban J connectivity index is 1.77. The average molecular weight is 435 g/mol. The molecule has 1 aromatic carbocycles. The van der Waals surface area contributed by atoms with Gasteiger partial charge in [-0.3, -0.25) is 4.79 Å². The van der Waals surface area contributed by atoms with Crippen LogP contribution in [0.4, 0.5) is 0 Å². The molecular formula is C22H30N2O3S2. The van der Waals surface area contributed by atoms with E-state index in [9.17, 15) is 13.2 Å². The molecule has 0 saturated carbocycles. The molecule has 5 nitrogen and oxygen atoms in total. The van der Waals surface area contributed by atoms with Crippen LogP contribution in [0.2, 0.25) is 0 Å². The highest BCUT2D eigenvalue weighted by molar-refractivity contribution is 7.91. The summed E-state index contributed by atoms with van der Waals surface area (Å²) in [6, 6.07) is 13.6. The minimum atomic E-state index is -3.54. The van der Waals surface area contributed by atoms with Crippen LogP contribution in [0.1, 0.15) is 43.6 Å². The molecule has 2 aromatic rings. The summed E-state index contributed by atoms with van der Waals surface area (Å²) in [5.74, 6) is -0.234. The van der Waals surface area contributed by atoms with Gasteiger partial charge in [-0.2, -0.15) is 4.31 Å². The molecule has 2 unspecified atom stereocenters. The second-order valence-corrected chi connectivity index (χ2v) is 11.2. The fraction of sp³-hybridized carbons (Fsp3) is 0.500. The summed E-state index contributed by atoms with van der Waals surface area (Å²) in [5, 5.41) is 0. The largest absolute Gasteiger partial charge is 0.335 e. The zero-order chi connectivity index (χ0) is 21.0. The highest BCUT2D eigenvalue weighted by atomic mass is 32.2. The Morgan fingerprint density at radius 2 is 1.97 bits per heavy atom. The lowest BCUT2D eigenvalue weighted by Crippen LogP contribution is -2.48. The number of carbonyl (C=O) groups is 1. The molecule has 1 amide bonds. The van der Waals surface area contributed by atoms with E-state index in [0.717, 1.165) is 23.3 Å². The quantitative estimate of drug-likeness (QED) is 0.653. The zero-order valence-electron chi connectivity index (χ0n) is 17.4. The molecule has 1 aliphatic heterocycles.